The number of aromatic carboxylic acids is 1. The smallest absolute Gasteiger partial charge is 0.407 e. The van der Waals surface area contributed by atoms with Gasteiger partial charge in [0.1, 0.15) is 6.61 Å². The van der Waals surface area contributed by atoms with Crippen LogP contribution < -0.4 is 5.32 Å². The Morgan fingerprint density at radius 1 is 1.29 bits per heavy atom. The van der Waals surface area contributed by atoms with Crippen molar-refractivity contribution in [3.8, 4) is 0 Å². The number of aromatic nitrogens is 2. The Morgan fingerprint density at radius 2 is 2.05 bits per heavy atom. The Kier molecular flexibility index (Phi) is 4.92. The van der Waals surface area contributed by atoms with Gasteiger partial charge in [-0.3, -0.25) is 4.68 Å². The minimum absolute atomic E-state index is 0.113. The SMILES string of the molecule is O=C(NCCn1cc(C(=O)O)cn1)OCc1ccccc1. The minimum atomic E-state index is -1.03. The second-order valence-corrected chi connectivity index (χ2v) is 4.29. The van der Waals surface area contributed by atoms with Gasteiger partial charge in [-0.05, 0) is 5.56 Å². The fourth-order valence-electron chi connectivity index (χ4n) is 1.64. The monoisotopic (exact) mass is 289 g/mol. The van der Waals surface area contributed by atoms with Crippen LogP contribution >= 0.6 is 0 Å². The van der Waals surface area contributed by atoms with Crippen LogP contribution in [0.1, 0.15) is 15.9 Å². The Labute approximate surface area is 121 Å². The van der Waals surface area contributed by atoms with E-state index < -0.39 is 12.1 Å². The largest absolute Gasteiger partial charge is 0.478 e. The highest BCUT2D eigenvalue weighted by molar-refractivity contribution is 5.86. The van der Waals surface area contributed by atoms with E-state index in [0.29, 0.717) is 13.1 Å². The molecule has 7 nitrogen and oxygen atoms in total. The van der Waals surface area contributed by atoms with Crippen LogP contribution in [0.4, 0.5) is 4.79 Å². The average molecular weight is 289 g/mol. The molecule has 1 heterocycles. The number of carbonyl (C=O) groups is 2. The summed E-state index contributed by atoms with van der Waals surface area (Å²) in [6.45, 7) is 0.875. The predicted molar refractivity (Wildman–Crippen MR) is 73.8 cm³/mol. The van der Waals surface area contributed by atoms with Gasteiger partial charge in [-0.25, -0.2) is 9.59 Å². The molecule has 2 N–H and O–H groups in total. The van der Waals surface area contributed by atoms with Gasteiger partial charge in [-0.1, -0.05) is 30.3 Å². The van der Waals surface area contributed by atoms with Crippen molar-refractivity contribution < 1.29 is 19.4 Å². The van der Waals surface area contributed by atoms with E-state index in [0.717, 1.165) is 5.56 Å². The van der Waals surface area contributed by atoms with Crippen LogP contribution in [0, 0.1) is 0 Å². The maximum atomic E-state index is 11.5. The van der Waals surface area contributed by atoms with Crippen LogP contribution in [0.5, 0.6) is 0 Å². The third-order valence-electron chi connectivity index (χ3n) is 2.70. The molecule has 21 heavy (non-hydrogen) atoms. The number of alkyl carbamates (subject to hydrolysis) is 1. The molecule has 0 radical (unpaired) electrons. The quantitative estimate of drug-likeness (QED) is 0.840. The van der Waals surface area contributed by atoms with Crippen molar-refractivity contribution >= 4 is 12.1 Å². The molecule has 0 aliphatic heterocycles. The molecule has 0 bridgehead atoms. The number of benzene rings is 1. The third kappa shape index (κ3) is 4.64. The summed E-state index contributed by atoms with van der Waals surface area (Å²) in [7, 11) is 0. The van der Waals surface area contributed by atoms with Crippen molar-refractivity contribution in [2.75, 3.05) is 6.54 Å². The van der Waals surface area contributed by atoms with Crippen molar-refractivity contribution in [2.24, 2.45) is 0 Å². The second-order valence-electron chi connectivity index (χ2n) is 4.29. The Balaban J connectivity index is 1.68. The normalized spacial score (nSPS) is 10.1. The fraction of sp³-hybridized carbons (Fsp3) is 0.214. The fourth-order valence-corrected chi connectivity index (χ4v) is 1.64. The number of hydrogen-bond donors (Lipinski definition) is 2. The molecule has 110 valence electrons. The lowest BCUT2D eigenvalue weighted by atomic mass is 10.2. The summed E-state index contributed by atoms with van der Waals surface area (Å²) in [5.41, 5.74) is 1.02. The molecule has 0 atom stereocenters. The lowest BCUT2D eigenvalue weighted by Gasteiger charge is -2.07. The molecule has 0 saturated carbocycles. The zero-order valence-electron chi connectivity index (χ0n) is 11.2. The summed E-state index contributed by atoms with van der Waals surface area (Å²) in [4.78, 5) is 22.1. The number of ether oxygens (including phenoxy) is 1. The average Bonchev–Trinajstić information content (AvgIpc) is 2.95. The minimum Gasteiger partial charge on any atom is -0.478 e. The van der Waals surface area contributed by atoms with Crippen LogP contribution in [0.2, 0.25) is 0 Å². The highest BCUT2D eigenvalue weighted by Gasteiger charge is 2.06. The molecular formula is C14H15N3O4. The molecule has 0 saturated heterocycles. The van der Waals surface area contributed by atoms with E-state index in [4.69, 9.17) is 9.84 Å². The number of hydrogen-bond acceptors (Lipinski definition) is 4. The standard InChI is InChI=1S/C14H15N3O4/c18-13(19)12-8-16-17(9-12)7-6-15-14(20)21-10-11-4-2-1-3-5-11/h1-5,8-9H,6-7,10H2,(H,15,20)(H,18,19). The first kappa shape index (κ1) is 14.6. The summed E-state index contributed by atoms with van der Waals surface area (Å²) in [5.74, 6) is -1.03. The maximum Gasteiger partial charge on any atom is 0.407 e. The van der Waals surface area contributed by atoms with Crippen molar-refractivity contribution in [3.05, 3.63) is 53.9 Å². The van der Waals surface area contributed by atoms with Gasteiger partial charge in [0.25, 0.3) is 0 Å². The number of nitrogens with zero attached hydrogens (tertiary/aromatic N) is 2. The molecule has 2 rings (SSSR count). The summed E-state index contributed by atoms with van der Waals surface area (Å²) >= 11 is 0. The van der Waals surface area contributed by atoms with Crippen molar-refractivity contribution in [1.82, 2.24) is 15.1 Å². The predicted octanol–water partition coefficient (Wildman–Crippen LogP) is 1.51. The summed E-state index contributed by atoms with van der Waals surface area (Å²) in [5, 5.41) is 15.2. The Bertz CT molecular complexity index is 610. The molecule has 0 fully saturated rings. The van der Waals surface area contributed by atoms with Gasteiger partial charge >= 0.3 is 12.1 Å². The van der Waals surface area contributed by atoms with Gasteiger partial charge in [-0.2, -0.15) is 5.10 Å². The van der Waals surface area contributed by atoms with Crippen LogP contribution in [0.15, 0.2) is 42.7 Å². The van der Waals surface area contributed by atoms with Gasteiger partial charge in [-0.15, -0.1) is 0 Å². The third-order valence-corrected chi connectivity index (χ3v) is 2.70. The molecule has 0 aliphatic rings. The van der Waals surface area contributed by atoms with Crippen LogP contribution in [-0.4, -0.2) is 33.5 Å². The topological polar surface area (TPSA) is 93.5 Å². The number of nitrogens with one attached hydrogen (secondary N) is 1. The Morgan fingerprint density at radius 3 is 2.71 bits per heavy atom. The number of carboxylic acid groups (broad SMARTS) is 1. The van der Waals surface area contributed by atoms with Gasteiger partial charge in [0.2, 0.25) is 0 Å². The van der Waals surface area contributed by atoms with Gasteiger partial charge in [0.15, 0.2) is 0 Å². The molecule has 2 aromatic rings. The van der Waals surface area contributed by atoms with Gasteiger partial charge in [0.05, 0.1) is 18.3 Å². The summed E-state index contributed by atoms with van der Waals surface area (Å²) in [6.07, 6.45) is 2.14. The van der Waals surface area contributed by atoms with Gasteiger partial charge in [0, 0.05) is 12.7 Å². The molecule has 0 spiro atoms. The van der Waals surface area contributed by atoms with Crippen molar-refractivity contribution in [2.45, 2.75) is 13.2 Å². The number of rotatable bonds is 6. The summed E-state index contributed by atoms with van der Waals surface area (Å²) < 4.78 is 6.48. The van der Waals surface area contributed by atoms with E-state index in [1.807, 2.05) is 30.3 Å². The van der Waals surface area contributed by atoms with Crippen LogP contribution in [-0.2, 0) is 17.9 Å². The molecule has 0 unspecified atom stereocenters. The molecular weight excluding hydrogens is 274 g/mol. The molecule has 1 aromatic carbocycles. The van der Waals surface area contributed by atoms with E-state index in [2.05, 4.69) is 10.4 Å². The van der Waals surface area contributed by atoms with Gasteiger partial charge < -0.3 is 15.2 Å². The highest BCUT2D eigenvalue weighted by Crippen LogP contribution is 2.00. The first-order valence-electron chi connectivity index (χ1n) is 6.35. The number of carbonyl (C=O) groups excluding carboxylic acids is 1. The summed E-state index contributed by atoms with van der Waals surface area (Å²) in [6, 6.07) is 9.36. The van der Waals surface area contributed by atoms with Crippen molar-refractivity contribution in [1.29, 1.82) is 0 Å². The molecule has 7 heteroatoms. The second kappa shape index (κ2) is 7.09. The molecule has 0 aliphatic carbocycles. The van der Waals surface area contributed by atoms with E-state index in [1.165, 1.54) is 17.1 Å². The van der Waals surface area contributed by atoms with Crippen molar-refractivity contribution in [3.63, 3.8) is 0 Å². The zero-order chi connectivity index (χ0) is 15.1. The first-order valence-corrected chi connectivity index (χ1v) is 6.35. The first-order chi connectivity index (χ1) is 10.1. The zero-order valence-corrected chi connectivity index (χ0v) is 11.2. The van der Waals surface area contributed by atoms with E-state index in [1.54, 1.807) is 0 Å². The number of carboxylic acids is 1. The highest BCUT2D eigenvalue weighted by atomic mass is 16.5. The van der Waals surface area contributed by atoms with E-state index >= 15 is 0 Å². The van der Waals surface area contributed by atoms with Crippen LogP contribution in [0.25, 0.3) is 0 Å². The molecule has 1 amide bonds. The lowest BCUT2D eigenvalue weighted by molar-refractivity contribution is 0.0696. The number of amides is 1. The maximum absolute atomic E-state index is 11.5. The molecule has 1 aromatic heterocycles. The Hall–Kier alpha value is -2.83. The van der Waals surface area contributed by atoms with E-state index in [9.17, 15) is 9.59 Å². The van der Waals surface area contributed by atoms with Crippen LogP contribution in [0.3, 0.4) is 0 Å². The van der Waals surface area contributed by atoms with E-state index in [-0.39, 0.29) is 12.2 Å². The lowest BCUT2D eigenvalue weighted by Crippen LogP contribution is -2.27.